The molecule has 0 aliphatic carbocycles. The van der Waals surface area contributed by atoms with Crippen LogP contribution in [0.3, 0.4) is 0 Å². The van der Waals surface area contributed by atoms with E-state index in [1.807, 2.05) is 17.9 Å². The number of rotatable bonds is 4. The number of morpholine rings is 1. The van der Waals surface area contributed by atoms with E-state index in [1.165, 1.54) is 12.1 Å². The Morgan fingerprint density at radius 1 is 1.55 bits per heavy atom. The summed E-state index contributed by atoms with van der Waals surface area (Å²) in [5.41, 5.74) is 12.2. The zero-order chi connectivity index (χ0) is 14.7. The highest BCUT2D eigenvalue weighted by molar-refractivity contribution is 5.80. The quantitative estimate of drug-likeness (QED) is 0.837. The minimum absolute atomic E-state index is 0.244. The molecule has 0 saturated carbocycles. The van der Waals surface area contributed by atoms with E-state index in [0.717, 1.165) is 5.56 Å². The molecule has 1 aromatic carbocycles. The van der Waals surface area contributed by atoms with Crippen molar-refractivity contribution >= 4 is 5.91 Å². The van der Waals surface area contributed by atoms with Crippen LogP contribution in [0.25, 0.3) is 0 Å². The van der Waals surface area contributed by atoms with Crippen LogP contribution in [0.15, 0.2) is 24.3 Å². The van der Waals surface area contributed by atoms with Gasteiger partial charge in [0.1, 0.15) is 11.9 Å². The molecule has 1 aliphatic heterocycles. The second-order valence-electron chi connectivity index (χ2n) is 5.09. The highest BCUT2D eigenvalue weighted by Gasteiger charge is 2.35. The number of carbonyl (C=O) groups is 1. The molecule has 3 atom stereocenters. The molecular formula is C14H20FN3O2. The highest BCUT2D eigenvalue weighted by atomic mass is 19.1. The molecule has 110 valence electrons. The predicted molar refractivity (Wildman–Crippen MR) is 73.3 cm³/mol. The Morgan fingerprint density at radius 2 is 2.30 bits per heavy atom. The van der Waals surface area contributed by atoms with E-state index < -0.39 is 11.9 Å². The van der Waals surface area contributed by atoms with E-state index in [1.54, 1.807) is 6.07 Å². The number of carbonyl (C=O) groups excluding carboxylic acids is 1. The summed E-state index contributed by atoms with van der Waals surface area (Å²) in [4.78, 5) is 13.5. The summed E-state index contributed by atoms with van der Waals surface area (Å²) >= 11 is 0. The minimum atomic E-state index is -0.539. The molecule has 1 aromatic rings. The molecule has 1 saturated heterocycles. The van der Waals surface area contributed by atoms with Crippen LogP contribution in [0.2, 0.25) is 0 Å². The van der Waals surface area contributed by atoms with Gasteiger partial charge in [0.2, 0.25) is 5.91 Å². The first-order chi connectivity index (χ1) is 9.50. The molecule has 5 nitrogen and oxygen atoms in total. The maximum absolute atomic E-state index is 13.4. The topological polar surface area (TPSA) is 81.6 Å². The van der Waals surface area contributed by atoms with Gasteiger partial charge in [0.25, 0.3) is 0 Å². The number of hydrogen-bond donors (Lipinski definition) is 2. The molecule has 4 N–H and O–H groups in total. The zero-order valence-electron chi connectivity index (χ0n) is 11.5. The Labute approximate surface area is 117 Å². The molecule has 0 aromatic heterocycles. The second kappa shape index (κ2) is 6.30. The minimum Gasteiger partial charge on any atom is -0.378 e. The van der Waals surface area contributed by atoms with Gasteiger partial charge in [-0.05, 0) is 24.6 Å². The van der Waals surface area contributed by atoms with Crippen molar-refractivity contribution in [3.05, 3.63) is 35.6 Å². The van der Waals surface area contributed by atoms with Gasteiger partial charge >= 0.3 is 0 Å². The Bertz CT molecular complexity index is 481. The maximum atomic E-state index is 13.4. The van der Waals surface area contributed by atoms with Crippen molar-refractivity contribution in [2.75, 3.05) is 19.8 Å². The second-order valence-corrected chi connectivity index (χ2v) is 5.09. The molecule has 0 bridgehead atoms. The van der Waals surface area contributed by atoms with Crippen LogP contribution < -0.4 is 11.5 Å². The lowest BCUT2D eigenvalue weighted by Gasteiger charge is -2.41. The third-order valence-electron chi connectivity index (χ3n) is 3.54. The number of primary amides is 1. The molecule has 0 radical (unpaired) electrons. The van der Waals surface area contributed by atoms with Gasteiger partial charge in [-0.15, -0.1) is 0 Å². The van der Waals surface area contributed by atoms with Crippen molar-refractivity contribution in [2.24, 2.45) is 11.5 Å². The molecule has 3 unspecified atom stereocenters. The lowest BCUT2D eigenvalue weighted by Crippen LogP contribution is -2.56. The fourth-order valence-corrected chi connectivity index (χ4v) is 2.68. The standard InChI is InChI=1S/C14H20FN3O2/c1-9(16)13(10-3-2-4-11(15)7-10)18-5-6-20-8-12(18)14(17)19/h2-4,7,9,12-13H,5-6,8,16H2,1H3,(H2,17,19). The first-order valence-corrected chi connectivity index (χ1v) is 6.64. The normalized spacial score (nSPS) is 23.2. The van der Waals surface area contributed by atoms with Crippen molar-refractivity contribution in [1.82, 2.24) is 4.90 Å². The van der Waals surface area contributed by atoms with Gasteiger partial charge in [-0.25, -0.2) is 4.39 Å². The molecule has 20 heavy (non-hydrogen) atoms. The third-order valence-corrected chi connectivity index (χ3v) is 3.54. The fraction of sp³-hybridized carbons (Fsp3) is 0.500. The number of benzene rings is 1. The van der Waals surface area contributed by atoms with Crippen molar-refractivity contribution in [1.29, 1.82) is 0 Å². The average Bonchev–Trinajstić information content (AvgIpc) is 2.39. The summed E-state index contributed by atoms with van der Waals surface area (Å²) in [5.74, 6) is -0.774. The van der Waals surface area contributed by atoms with Gasteiger partial charge in [0, 0.05) is 12.6 Å². The molecular weight excluding hydrogens is 261 g/mol. The van der Waals surface area contributed by atoms with Crippen LogP contribution >= 0.6 is 0 Å². The van der Waals surface area contributed by atoms with Gasteiger partial charge in [0.05, 0.1) is 19.3 Å². The Hall–Kier alpha value is -1.50. The first kappa shape index (κ1) is 14.9. The Kier molecular flexibility index (Phi) is 4.69. The SMILES string of the molecule is CC(N)C(c1cccc(F)c1)N1CCOCC1C(N)=O. The number of hydrogen-bond acceptors (Lipinski definition) is 4. The molecule has 6 heteroatoms. The molecule has 2 rings (SSSR count). The van der Waals surface area contributed by atoms with Crippen LogP contribution in [0.5, 0.6) is 0 Å². The van der Waals surface area contributed by atoms with Gasteiger partial charge in [-0.2, -0.15) is 0 Å². The summed E-state index contributed by atoms with van der Waals surface area (Å²) in [6, 6.07) is 5.20. The van der Waals surface area contributed by atoms with E-state index in [2.05, 4.69) is 0 Å². The molecule has 1 heterocycles. The molecule has 1 amide bonds. The van der Waals surface area contributed by atoms with E-state index >= 15 is 0 Å². The summed E-state index contributed by atoms with van der Waals surface area (Å²) in [7, 11) is 0. The van der Waals surface area contributed by atoms with Crippen LogP contribution in [0, 0.1) is 5.82 Å². The number of nitrogens with two attached hydrogens (primary N) is 2. The molecule has 0 spiro atoms. The Balaban J connectivity index is 2.34. The van der Waals surface area contributed by atoms with Crippen LogP contribution in [0.4, 0.5) is 4.39 Å². The maximum Gasteiger partial charge on any atom is 0.237 e. The lowest BCUT2D eigenvalue weighted by atomic mass is 9.96. The summed E-state index contributed by atoms with van der Waals surface area (Å²) in [6.45, 7) is 3.12. The summed E-state index contributed by atoms with van der Waals surface area (Å²) in [6.07, 6.45) is 0. The molecule has 1 aliphatic rings. The average molecular weight is 281 g/mol. The van der Waals surface area contributed by atoms with Gasteiger partial charge in [-0.3, -0.25) is 9.69 Å². The monoisotopic (exact) mass is 281 g/mol. The largest absolute Gasteiger partial charge is 0.378 e. The smallest absolute Gasteiger partial charge is 0.237 e. The van der Waals surface area contributed by atoms with Crippen LogP contribution in [-0.4, -0.2) is 42.6 Å². The van der Waals surface area contributed by atoms with Gasteiger partial charge < -0.3 is 16.2 Å². The summed E-state index contributed by atoms with van der Waals surface area (Å²) in [5, 5.41) is 0. The number of nitrogens with zero attached hydrogens (tertiary/aromatic N) is 1. The van der Waals surface area contributed by atoms with Crippen molar-refractivity contribution in [3.63, 3.8) is 0 Å². The molecule has 1 fully saturated rings. The number of ether oxygens (including phenoxy) is 1. The van der Waals surface area contributed by atoms with Gasteiger partial charge in [-0.1, -0.05) is 12.1 Å². The van der Waals surface area contributed by atoms with E-state index in [9.17, 15) is 9.18 Å². The first-order valence-electron chi connectivity index (χ1n) is 6.64. The fourth-order valence-electron chi connectivity index (χ4n) is 2.68. The van der Waals surface area contributed by atoms with Gasteiger partial charge in [0.15, 0.2) is 0 Å². The van der Waals surface area contributed by atoms with Crippen molar-refractivity contribution in [2.45, 2.75) is 25.0 Å². The number of halogens is 1. The van der Waals surface area contributed by atoms with Crippen LogP contribution in [-0.2, 0) is 9.53 Å². The van der Waals surface area contributed by atoms with Crippen molar-refractivity contribution in [3.8, 4) is 0 Å². The van der Waals surface area contributed by atoms with Crippen molar-refractivity contribution < 1.29 is 13.9 Å². The highest BCUT2D eigenvalue weighted by Crippen LogP contribution is 2.27. The zero-order valence-corrected chi connectivity index (χ0v) is 11.5. The third kappa shape index (κ3) is 3.15. The van der Waals surface area contributed by atoms with E-state index in [-0.39, 0.29) is 24.5 Å². The Morgan fingerprint density at radius 3 is 2.90 bits per heavy atom. The van der Waals surface area contributed by atoms with Crippen LogP contribution in [0.1, 0.15) is 18.5 Å². The number of amides is 1. The van der Waals surface area contributed by atoms with E-state index in [0.29, 0.717) is 13.2 Å². The summed E-state index contributed by atoms with van der Waals surface area (Å²) < 4.78 is 18.7. The lowest BCUT2D eigenvalue weighted by molar-refractivity contribution is -0.131. The predicted octanol–water partition coefficient (Wildman–Crippen LogP) is 0.400. The van der Waals surface area contributed by atoms with E-state index in [4.69, 9.17) is 16.2 Å².